The second kappa shape index (κ2) is 12.1. The van der Waals surface area contributed by atoms with Crippen molar-refractivity contribution in [1.29, 1.82) is 5.26 Å². The standard InChI is InChI=1S/C33H41BrClN5O3Si/c1-20-13-24(34)25(35)16-27(20)39-29-37-12-11-26(38-29)21-14-22(17-36)28-23(15-21)33(8,19-42-44(9,10)32(5,6)7)18-40(28)30(41)43-31(2,3)4/h11-16H,18-19H2,1-10H3,(H,37,38,39). The molecule has 1 aliphatic heterocycles. The lowest BCUT2D eigenvalue weighted by Crippen LogP contribution is -2.46. The lowest BCUT2D eigenvalue weighted by molar-refractivity contribution is 0.0575. The van der Waals surface area contributed by atoms with Crippen molar-refractivity contribution in [3.05, 3.63) is 62.7 Å². The Morgan fingerprint density at radius 3 is 2.50 bits per heavy atom. The molecule has 0 fully saturated rings. The summed E-state index contributed by atoms with van der Waals surface area (Å²) in [4.78, 5) is 24.3. The van der Waals surface area contributed by atoms with Gasteiger partial charge in [-0.1, -0.05) is 39.3 Å². The monoisotopic (exact) mass is 697 g/mol. The highest BCUT2D eigenvalue weighted by molar-refractivity contribution is 9.10. The number of benzene rings is 2. The van der Waals surface area contributed by atoms with Crippen molar-refractivity contribution in [2.75, 3.05) is 23.4 Å². The summed E-state index contributed by atoms with van der Waals surface area (Å²) in [6, 6.07) is 11.7. The first kappa shape index (κ1) is 33.9. The molecule has 1 unspecified atom stereocenters. The van der Waals surface area contributed by atoms with Gasteiger partial charge in [0.15, 0.2) is 8.32 Å². The summed E-state index contributed by atoms with van der Waals surface area (Å²) in [5, 5.41) is 14.2. The summed E-state index contributed by atoms with van der Waals surface area (Å²) in [6.45, 7) is 21.3. The Balaban J connectivity index is 1.80. The smallest absolute Gasteiger partial charge is 0.414 e. The molecule has 0 saturated carbocycles. The first-order chi connectivity index (χ1) is 20.2. The van der Waals surface area contributed by atoms with Gasteiger partial charge in [-0.3, -0.25) is 4.90 Å². The summed E-state index contributed by atoms with van der Waals surface area (Å²) >= 11 is 9.80. The average Bonchev–Trinajstić information content (AvgIpc) is 3.22. The normalized spacial score (nSPS) is 16.8. The maximum atomic E-state index is 13.5. The molecule has 2 heterocycles. The molecule has 44 heavy (non-hydrogen) atoms. The molecule has 2 aromatic carbocycles. The quantitative estimate of drug-likeness (QED) is 0.256. The van der Waals surface area contributed by atoms with Crippen LogP contribution in [0.25, 0.3) is 11.3 Å². The number of carbonyl (C=O) groups is 1. The highest BCUT2D eigenvalue weighted by Gasteiger charge is 2.47. The molecule has 0 spiro atoms. The minimum atomic E-state index is -2.13. The van der Waals surface area contributed by atoms with Crippen molar-refractivity contribution in [3.63, 3.8) is 0 Å². The van der Waals surface area contributed by atoms with Crippen molar-refractivity contribution < 1.29 is 14.0 Å². The van der Waals surface area contributed by atoms with E-state index >= 15 is 0 Å². The fourth-order valence-electron chi connectivity index (χ4n) is 4.77. The van der Waals surface area contributed by atoms with Crippen LogP contribution in [0, 0.1) is 18.3 Å². The van der Waals surface area contributed by atoms with Crippen LogP contribution in [0.4, 0.5) is 22.1 Å². The van der Waals surface area contributed by atoms with E-state index in [0.29, 0.717) is 41.1 Å². The van der Waals surface area contributed by atoms with E-state index in [4.69, 9.17) is 25.7 Å². The van der Waals surface area contributed by atoms with Gasteiger partial charge in [0.2, 0.25) is 5.95 Å². The SMILES string of the molecule is Cc1cc(Br)c(Cl)cc1Nc1nccc(-c2cc(C#N)c3c(c2)C(C)(CO[Si](C)(C)C(C)(C)C)CN3C(=O)OC(C)(C)C)n1. The van der Waals surface area contributed by atoms with Crippen LogP contribution >= 0.6 is 27.5 Å². The van der Waals surface area contributed by atoms with Gasteiger partial charge in [-0.15, -0.1) is 0 Å². The molecule has 4 rings (SSSR count). The number of rotatable bonds is 6. The molecule has 1 aromatic heterocycles. The molecule has 1 N–H and O–H groups in total. The maximum Gasteiger partial charge on any atom is 0.414 e. The maximum absolute atomic E-state index is 13.5. The second-order valence-corrected chi connectivity index (χ2v) is 20.3. The van der Waals surface area contributed by atoms with Crippen molar-refractivity contribution in [3.8, 4) is 17.3 Å². The molecule has 3 aromatic rings. The van der Waals surface area contributed by atoms with Crippen molar-refractivity contribution >= 4 is 59.3 Å². The number of aryl methyl sites for hydroxylation is 1. The number of halogens is 2. The van der Waals surface area contributed by atoms with Crippen LogP contribution in [-0.4, -0.2) is 43.1 Å². The van der Waals surface area contributed by atoms with Crippen LogP contribution in [0.15, 0.2) is 41.0 Å². The van der Waals surface area contributed by atoms with Gasteiger partial charge in [0.25, 0.3) is 0 Å². The number of anilines is 3. The zero-order chi connectivity index (χ0) is 32.8. The third-order valence-electron chi connectivity index (χ3n) is 8.29. The van der Waals surface area contributed by atoms with Crippen LogP contribution < -0.4 is 10.2 Å². The molecule has 0 aliphatic carbocycles. The van der Waals surface area contributed by atoms with E-state index < -0.39 is 25.4 Å². The van der Waals surface area contributed by atoms with Gasteiger partial charge in [0, 0.05) is 40.5 Å². The molecule has 234 valence electrons. The first-order valence-electron chi connectivity index (χ1n) is 14.5. The number of fused-ring (bicyclic) bond motifs is 1. The van der Waals surface area contributed by atoms with Crippen molar-refractivity contribution in [1.82, 2.24) is 9.97 Å². The largest absolute Gasteiger partial charge is 0.443 e. The Labute approximate surface area is 275 Å². The van der Waals surface area contributed by atoms with E-state index in [1.807, 2.05) is 45.9 Å². The van der Waals surface area contributed by atoms with E-state index in [0.717, 1.165) is 26.9 Å². The third-order valence-corrected chi connectivity index (χ3v) is 14.0. The predicted octanol–water partition coefficient (Wildman–Crippen LogP) is 9.52. The van der Waals surface area contributed by atoms with Gasteiger partial charge in [-0.25, -0.2) is 14.8 Å². The number of nitrogens with one attached hydrogen (secondary N) is 1. The van der Waals surface area contributed by atoms with Gasteiger partial charge in [-0.2, -0.15) is 5.26 Å². The molecule has 8 nitrogen and oxygen atoms in total. The van der Waals surface area contributed by atoms with Gasteiger partial charge in [0.05, 0.1) is 22.0 Å². The van der Waals surface area contributed by atoms with Gasteiger partial charge < -0.3 is 14.5 Å². The van der Waals surface area contributed by atoms with Crippen molar-refractivity contribution in [2.45, 2.75) is 84.5 Å². The Morgan fingerprint density at radius 2 is 1.89 bits per heavy atom. The van der Waals surface area contributed by atoms with Crippen LogP contribution in [0.2, 0.25) is 23.2 Å². The Morgan fingerprint density at radius 1 is 1.20 bits per heavy atom. The Kier molecular flexibility index (Phi) is 9.31. The van der Waals surface area contributed by atoms with Gasteiger partial charge in [-0.05, 0) is 103 Å². The van der Waals surface area contributed by atoms with E-state index in [2.05, 4.69) is 73.1 Å². The highest BCUT2D eigenvalue weighted by Crippen LogP contribution is 2.47. The molecule has 0 bridgehead atoms. The molecule has 1 aliphatic rings. The highest BCUT2D eigenvalue weighted by atomic mass is 79.9. The number of carbonyl (C=O) groups excluding carboxylic acids is 1. The van der Waals surface area contributed by atoms with E-state index in [9.17, 15) is 10.1 Å². The summed E-state index contributed by atoms with van der Waals surface area (Å²) in [6.07, 6.45) is 1.18. The zero-order valence-corrected chi connectivity index (χ0v) is 30.5. The number of hydrogen-bond acceptors (Lipinski definition) is 7. The number of hydrogen-bond donors (Lipinski definition) is 1. The fourth-order valence-corrected chi connectivity index (χ4v) is 6.50. The van der Waals surface area contributed by atoms with Crippen molar-refractivity contribution in [2.24, 2.45) is 0 Å². The van der Waals surface area contributed by atoms with E-state index in [1.165, 1.54) is 0 Å². The molecular weight excluding hydrogens is 658 g/mol. The van der Waals surface area contributed by atoms with E-state index in [-0.39, 0.29) is 5.04 Å². The molecule has 1 atom stereocenters. The minimum Gasteiger partial charge on any atom is -0.443 e. The summed E-state index contributed by atoms with van der Waals surface area (Å²) in [5.74, 6) is 0.391. The predicted molar refractivity (Wildman–Crippen MR) is 183 cm³/mol. The topological polar surface area (TPSA) is 100 Å². The van der Waals surface area contributed by atoms with E-state index in [1.54, 1.807) is 23.2 Å². The van der Waals surface area contributed by atoms with Gasteiger partial charge >= 0.3 is 6.09 Å². The zero-order valence-electron chi connectivity index (χ0n) is 27.1. The molecular formula is C33H41BrClN5O3Si. The second-order valence-electron chi connectivity index (χ2n) is 14.2. The first-order valence-corrected chi connectivity index (χ1v) is 18.6. The van der Waals surface area contributed by atoms with Gasteiger partial charge in [0.1, 0.15) is 11.7 Å². The molecule has 0 radical (unpaired) electrons. The molecule has 11 heteroatoms. The minimum absolute atomic E-state index is 0.0110. The fraction of sp³-hybridized carbons (Fsp3) is 0.455. The third kappa shape index (κ3) is 7.12. The van der Waals surface area contributed by atoms with Crippen LogP contribution in [0.3, 0.4) is 0 Å². The number of aromatic nitrogens is 2. The van der Waals surface area contributed by atoms with Crippen LogP contribution in [-0.2, 0) is 14.6 Å². The number of amides is 1. The van der Waals surface area contributed by atoms with Crippen LogP contribution in [0.5, 0.6) is 0 Å². The lowest BCUT2D eigenvalue weighted by Gasteiger charge is -2.39. The molecule has 1 amide bonds. The number of nitriles is 1. The lowest BCUT2D eigenvalue weighted by atomic mass is 9.83. The van der Waals surface area contributed by atoms with Crippen LogP contribution in [0.1, 0.15) is 65.2 Å². The summed E-state index contributed by atoms with van der Waals surface area (Å²) < 4.78 is 13.3. The summed E-state index contributed by atoms with van der Waals surface area (Å²) in [5.41, 5.74) is 3.60. The average molecular weight is 699 g/mol. The Hall–Kier alpha value is -2.97. The number of nitrogens with zero attached hydrogens (tertiary/aromatic N) is 4. The Bertz CT molecular complexity index is 1640. The molecule has 0 saturated heterocycles. The number of ether oxygens (including phenoxy) is 1. The summed E-state index contributed by atoms with van der Waals surface area (Å²) in [7, 11) is -2.13.